The number of amides is 2. The number of nitrogens with one attached hydrogen (secondary N) is 1. The highest BCUT2D eigenvalue weighted by Gasteiger charge is 2.28. The molecule has 8 nitrogen and oxygen atoms in total. The first-order valence-electron chi connectivity index (χ1n) is 11.4. The minimum absolute atomic E-state index is 0.0608. The molecule has 2 amide bonds. The van der Waals surface area contributed by atoms with Crippen LogP contribution in [0, 0.1) is 18.7 Å². The first-order chi connectivity index (χ1) is 15.4. The molecule has 0 radical (unpaired) electrons. The maximum atomic E-state index is 13.7. The van der Waals surface area contributed by atoms with Crippen LogP contribution >= 0.6 is 0 Å². The van der Waals surface area contributed by atoms with Crippen molar-refractivity contribution >= 4 is 11.8 Å². The summed E-state index contributed by atoms with van der Waals surface area (Å²) in [4.78, 5) is 39.5. The SMILES string of the molecule is Cc1ccc(CNC(=O)C2CCN(C(=O)Cn3nc4n(c3=O)CCCCC4)CC2)cc1F. The summed E-state index contributed by atoms with van der Waals surface area (Å²) < 4.78 is 16.6. The van der Waals surface area contributed by atoms with E-state index in [-0.39, 0.29) is 42.3 Å². The van der Waals surface area contributed by atoms with Crippen molar-refractivity contribution in [1.82, 2.24) is 24.6 Å². The molecule has 1 fully saturated rings. The predicted octanol–water partition coefficient (Wildman–Crippen LogP) is 1.77. The lowest BCUT2D eigenvalue weighted by atomic mass is 9.95. The van der Waals surface area contributed by atoms with Crippen molar-refractivity contribution in [2.75, 3.05) is 13.1 Å². The lowest BCUT2D eigenvalue weighted by molar-refractivity contribution is -0.136. The summed E-state index contributed by atoms with van der Waals surface area (Å²) in [6.45, 7) is 3.53. The zero-order valence-electron chi connectivity index (χ0n) is 18.5. The Bertz CT molecular complexity index is 1050. The van der Waals surface area contributed by atoms with Crippen molar-refractivity contribution in [2.24, 2.45) is 5.92 Å². The van der Waals surface area contributed by atoms with Crippen molar-refractivity contribution in [3.8, 4) is 0 Å². The fourth-order valence-corrected chi connectivity index (χ4v) is 4.43. The molecule has 1 N–H and O–H groups in total. The standard InChI is InChI=1S/C23H30FN5O3/c1-16-6-7-17(13-19(16)24)14-25-22(31)18-8-11-27(12-9-18)21(30)15-29-23(32)28-10-4-2-3-5-20(28)26-29/h6-7,13,18H,2-5,8-12,14-15H2,1H3,(H,25,31). The first kappa shape index (κ1) is 22.2. The summed E-state index contributed by atoms with van der Waals surface area (Å²) in [7, 11) is 0. The molecule has 9 heteroatoms. The summed E-state index contributed by atoms with van der Waals surface area (Å²) in [5.74, 6) is 0.0863. The molecule has 0 bridgehead atoms. The van der Waals surface area contributed by atoms with Crippen LogP contribution in [0.15, 0.2) is 23.0 Å². The minimum atomic E-state index is -0.281. The molecule has 0 saturated carbocycles. The fraction of sp³-hybridized carbons (Fsp3) is 0.565. The van der Waals surface area contributed by atoms with Crippen LogP contribution in [0.25, 0.3) is 0 Å². The number of aryl methyl sites for hydroxylation is 2. The molecule has 2 aliphatic heterocycles. The highest BCUT2D eigenvalue weighted by atomic mass is 19.1. The number of hydrogen-bond donors (Lipinski definition) is 1. The number of carbonyl (C=O) groups excluding carboxylic acids is 2. The van der Waals surface area contributed by atoms with E-state index < -0.39 is 0 Å². The number of fused-ring (bicyclic) bond motifs is 1. The van der Waals surface area contributed by atoms with Gasteiger partial charge in [0.2, 0.25) is 11.8 Å². The van der Waals surface area contributed by atoms with Gasteiger partial charge < -0.3 is 10.2 Å². The smallest absolute Gasteiger partial charge is 0.346 e. The third-order valence-electron chi connectivity index (χ3n) is 6.49. The molecule has 172 valence electrons. The van der Waals surface area contributed by atoms with E-state index in [9.17, 15) is 18.8 Å². The second kappa shape index (κ2) is 9.67. The summed E-state index contributed by atoms with van der Waals surface area (Å²) in [6.07, 6.45) is 4.96. The summed E-state index contributed by atoms with van der Waals surface area (Å²) in [6, 6.07) is 4.94. The molecule has 1 aromatic carbocycles. The van der Waals surface area contributed by atoms with Gasteiger partial charge in [0.25, 0.3) is 0 Å². The maximum Gasteiger partial charge on any atom is 0.346 e. The molecule has 1 aromatic heterocycles. The largest absolute Gasteiger partial charge is 0.352 e. The van der Waals surface area contributed by atoms with Gasteiger partial charge in [0, 0.05) is 38.5 Å². The zero-order valence-corrected chi connectivity index (χ0v) is 18.5. The maximum absolute atomic E-state index is 13.7. The Morgan fingerprint density at radius 2 is 1.94 bits per heavy atom. The average Bonchev–Trinajstić information content (AvgIpc) is 2.94. The van der Waals surface area contributed by atoms with E-state index in [1.165, 1.54) is 10.7 Å². The average molecular weight is 444 g/mol. The molecule has 3 heterocycles. The van der Waals surface area contributed by atoms with Crippen LogP contribution in [0.1, 0.15) is 49.1 Å². The van der Waals surface area contributed by atoms with Crippen LogP contribution in [0.3, 0.4) is 0 Å². The van der Waals surface area contributed by atoms with E-state index >= 15 is 0 Å². The summed E-state index contributed by atoms with van der Waals surface area (Å²) in [5.41, 5.74) is 1.08. The zero-order chi connectivity index (χ0) is 22.7. The van der Waals surface area contributed by atoms with Gasteiger partial charge in [-0.25, -0.2) is 13.9 Å². The Hall–Kier alpha value is -2.97. The van der Waals surface area contributed by atoms with E-state index in [1.54, 1.807) is 28.5 Å². The predicted molar refractivity (Wildman–Crippen MR) is 116 cm³/mol. The molecule has 2 aromatic rings. The summed E-state index contributed by atoms with van der Waals surface area (Å²) >= 11 is 0. The third-order valence-corrected chi connectivity index (χ3v) is 6.49. The van der Waals surface area contributed by atoms with Crippen LogP contribution in [0.2, 0.25) is 0 Å². The van der Waals surface area contributed by atoms with Crippen LogP contribution in [-0.4, -0.2) is 44.2 Å². The second-order valence-electron chi connectivity index (χ2n) is 8.78. The van der Waals surface area contributed by atoms with Gasteiger partial charge in [-0.3, -0.25) is 14.2 Å². The molecule has 2 aliphatic rings. The Labute approximate surface area is 186 Å². The second-order valence-corrected chi connectivity index (χ2v) is 8.78. The van der Waals surface area contributed by atoms with Crippen molar-refractivity contribution in [2.45, 2.75) is 65.1 Å². The van der Waals surface area contributed by atoms with Crippen molar-refractivity contribution in [3.05, 3.63) is 51.5 Å². The molecule has 0 atom stereocenters. The van der Waals surface area contributed by atoms with Crippen LogP contribution < -0.4 is 11.0 Å². The normalized spacial score (nSPS) is 17.0. The monoisotopic (exact) mass is 443 g/mol. The van der Waals surface area contributed by atoms with E-state index in [0.29, 0.717) is 38.0 Å². The Morgan fingerprint density at radius 3 is 2.69 bits per heavy atom. The van der Waals surface area contributed by atoms with E-state index in [0.717, 1.165) is 37.1 Å². The van der Waals surface area contributed by atoms with Gasteiger partial charge in [-0.1, -0.05) is 18.6 Å². The van der Waals surface area contributed by atoms with Gasteiger partial charge in [0.1, 0.15) is 18.2 Å². The number of benzene rings is 1. The van der Waals surface area contributed by atoms with Gasteiger partial charge in [-0.15, -0.1) is 0 Å². The number of piperidine rings is 1. The minimum Gasteiger partial charge on any atom is -0.352 e. The van der Waals surface area contributed by atoms with Crippen molar-refractivity contribution in [1.29, 1.82) is 0 Å². The molecular formula is C23H30FN5O3. The van der Waals surface area contributed by atoms with Gasteiger partial charge >= 0.3 is 5.69 Å². The van der Waals surface area contributed by atoms with Gasteiger partial charge in [-0.2, -0.15) is 5.10 Å². The highest BCUT2D eigenvalue weighted by molar-refractivity contribution is 5.80. The van der Waals surface area contributed by atoms with E-state index in [4.69, 9.17) is 0 Å². The van der Waals surface area contributed by atoms with Gasteiger partial charge in [-0.05, 0) is 49.8 Å². The van der Waals surface area contributed by atoms with Crippen molar-refractivity contribution < 1.29 is 14.0 Å². The van der Waals surface area contributed by atoms with Crippen LogP contribution in [0.5, 0.6) is 0 Å². The number of carbonyl (C=O) groups is 2. The molecule has 32 heavy (non-hydrogen) atoms. The number of likely N-dealkylation sites (tertiary alicyclic amines) is 1. The first-order valence-corrected chi connectivity index (χ1v) is 11.4. The lowest BCUT2D eigenvalue weighted by Crippen LogP contribution is -2.44. The number of halogens is 1. The van der Waals surface area contributed by atoms with E-state index in [2.05, 4.69) is 10.4 Å². The molecule has 0 aliphatic carbocycles. The van der Waals surface area contributed by atoms with Crippen molar-refractivity contribution in [3.63, 3.8) is 0 Å². The Balaban J connectivity index is 1.27. The lowest BCUT2D eigenvalue weighted by Gasteiger charge is -2.31. The van der Waals surface area contributed by atoms with Gasteiger partial charge in [0.15, 0.2) is 0 Å². The number of aromatic nitrogens is 3. The quantitative estimate of drug-likeness (QED) is 0.763. The van der Waals surface area contributed by atoms with Crippen LogP contribution in [-0.2, 0) is 35.6 Å². The molecule has 0 spiro atoms. The summed E-state index contributed by atoms with van der Waals surface area (Å²) in [5, 5.41) is 7.25. The molecule has 0 unspecified atom stereocenters. The Morgan fingerprint density at radius 1 is 1.16 bits per heavy atom. The number of rotatable bonds is 5. The van der Waals surface area contributed by atoms with Gasteiger partial charge in [0.05, 0.1) is 0 Å². The Kier molecular flexibility index (Phi) is 6.72. The van der Waals surface area contributed by atoms with Crippen LogP contribution in [0.4, 0.5) is 4.39 Å². The third kappa shape index (κ3) is 4.92. The topological polar surface area (TPSA) is 89.2 Å². The molecule has 1 saturated heterocycles. The fourth-order valence-electron chi connectivity index (χ4n) is 4.43. The number of nitrogens with zero attached hydrogens (tertiary/aromatic N) is 4. The highest BCUT2D eigenvalue weighted by Crippen LogP contribution is 2.18. The molecular weight excluding hydrogens is 413 g/mol. The van der Waals surface area contributed by atoms with E-state index in [1.807, 2.05) is 0 Å². The molecule has 4 rings (SSSR count). The number of hydrogen-bond acceptors (Lipinski definition) is 4.